The summed E-state index contributed by atoms with van der Waals surface area (Å²) < 4.78 is 4.61. The zero-order chi connectivity index (χ0) is 12.3. The highest BCUT2D eigenvalue weighted by Gasteiger charge is 2.37. The molecule has 1 saturated heterocycles. The molecule has 2 fully saturated rings. The van der Waals surface area contributed by atoms with Crippen LogP contribution in [-0.4, -0.2) is 43.1 Å². The molecule has 5 heteroatoms. The Morgan fingerprint density at radius 1 is 1.47 bits per heavy atom. The molecular weight excluding hydrogens is 220 g/mol. The maximum absolute atomic E-state index is 11.8. The fourth-order valence-electron chi connectivity index (χ4n) is 2.83. The highest BCUT2D eigenvalue weighted by atomic mass is 16.5. The van der Waals surface area contributed by atoms with Crippen LogP contribution in [0.2, 0.25) is 0 Å². The summed E-state index contributed by atoms with van der Waals surface area (Å²) in [5, 5.41) is 3.26. The number of nitrogens with zero attached hydrogens (tertiary/aromatic N) is 1. The van der Waals surface area contributed by atoms with E-state index in [2.05, 4.69) is 10.1 Å². The Balaban J connectivity index is 1.91. The Bertz CT molecular complexity index is 300. The molecule has 1 saturated carbocycles. The monoisotopic (exact) mass is 240 g/mol. The largest absolute Gasteiger partial charge is 0.469 e. The summed E-state index contributed by atoms with van der Waals surface area (Å²) >= 11 is 0. The van der Waals surface area contributed by atoms with Gasteiger partial charge in [-0.2, -0.15) is 0 Å². The van der Waals surface area contributed by atoms with Gasteiger partial charge < -0.3 is 9.64 Å². The Labute approximate surface area is 101 Å². The van der Waals surface area contributed by atoms with Crippen molar-refractivity contribution < 1.29 is 14.3 Å². The molecule has 0 bridgehead atoms. The second kappa shape index (κ2) is 5.49. The number of carbonyl (C=O) groups excluding carboxylic acids is 2. The molecule has 0 radical (unpaired) electrons. The van der Waals surface area contributed by atoms with E-state index in [0.717, 1.165) is 0 Å². The fourth-order valence-corrected chi connectivity index (χ4v) is 2.83. The molecule has 1 N–H and O–H groups in total. The van der Waals surface area contributed by atoms with Gasteiger partial charge in [0.15, 0.2) is 0 Å². The van der Waals surface area contributed by atoms with Crippen molar-refractivity contribution in [3.05, 3.63) is 0 Å². The number of esters is 1. The van der Waals surface area contributed by atoms with Crippen LogP contribution >= 0.6 is 0 Å². The molecule has 5 nitrogen and oxygen atoms in total. The first-order chi connectivity index (χ1) is 8.22. The lowest BCUT2D eigenvalue weighted by atomic mass is 10.0. The van der Waals surface area contributed by atoms with Crippen molar-refractivity contribution in [2.75, 3.05) is 20.2 Å². The number of ether oxygens (including phenoxy) is 1. The molecule has 2 aliphatic rings. The number of carbonyl (C=O) groups is 2. The van der Waals surface area contributed by atoms with E-state index in [0.29, 0.717) is 19.0 Å². The third-order valence-corrected chi connectivity index (χ3v) is 3.75. The number of hydrogen-bond acceptors (Lipinski definition) is 4. The SMILES string of the molecule is COC(=O)CCN1C(=O)CNC1C1CCCC1. The maximum Gasteiger partial charge on any atom is 0.307 e. The van der Waals surface area contributed by atoms with E-state index in [9.17, 15) is 9.59 Å². The molecule has 0 aromatic carbocycles. The van der Waals surface area contributed by atoms with E-state index in [4.69, 9.17) is 0 Å². The lowest BCUT2D eigenvalue weighted by molar-refractivity contribution is -0.141. The molecule has 1 aliphatic carbocycles. The number of nitrogens with one attached hydrogen (secondary N) is 1. The van der Waals surface area contributed by atoms with Gasteiger partial charge in [-0.1, -0.05) is 12.8 Å². The van der Waals surface area contributed by atoms with E-state index in [1.807, 2.05) is 4.90 Å². The molecule has 0 aromatic rings. The van der Waals surface area contributed by atoms with Crippen molar-refractivity contribution in [1.29, 1.82) is 0 Å². The van der Waals surface area contributed by atoms with Gasteiger partial charge in [-0.15, -0.1) is 0 Å². The molecule has 1 heterocycles. The van der Waals surface area contributed by atoms with Crippen LogP contribution in [0.4, 0.5) is 0 Å². The van der Waals surface area contributed by atoms with Gasteiger partial charge in [0.2, 0.25) is 5.91 Å². The summed E-state index contributed by atoms with van der Waals surface area (Å²) in [6.45, 7) is 0.877. The Morgan fingerprint density at radius 3 is 2.82 bits per heavy atom. The van der Waals surface area contributed by atoms with Crippen molar-refractivity contribution in [2.24, 2.45) is 5.92 Å². The molecule has 1 atom stereocenters. The Morgan fingerprint density at radius 2 is 2.18 bits per heavy atom. The molecule has 1 unspecified atom stereocenters. The van der Waals surface area contributed by atoms with Crippen LogP contribution in [0.25, 0.3) is 0 Å². The van der Waals surface area contributed by atoms with E-state index in [1.165, 1.54) is 32.8 Å². The second-order valence-corrected chi connectivity index (χ2v) is 4.78. The maximum atomic E-state index is 11.8. The molecule has 0 aromatic heterocycles. The van der Waals surface area contributed by atoms with Crippen molar-refractivity contribution in [3.63, 3.8) is 0 Å². The first kappa shape index (κ1) is 12.4. The lowest BCUT2D eigenvalue weighted by Crippen LogP contribution is -2.43. The normalized spacial score (nSPS) is 25.6. The smallest absolute Gasteiger partial charge is 0.307 e. The van der Waals surface area contributed by atoms with Crippen LogP contribution in [0, 0.1) is 5.92 Å². The first-order valence-corrected chi connectivity index (χ1v) is 6.32. The topological polar surface area (TPSA) is 58.6 Å². The van der Waals surface area contributed by atoms with E-state index in [-0.39, 0.29) is 24.5 Å². The van der Waals surface area contributed by atoms with Crippen molar-refractivity contribution in [1.82, 2.24) is 10.2 Å². The molecule has 2 rings (SSSR count). The molecule has 96 valence electrons. The summed E-state index contributed by atoms with van der Waals surface area (Å²) in [6, 6.07) is 0. The summed E-state index contributed by atoms with van der Waals surface area (Å²) in [5.74, 6) is 0.403. The number of methoxy groups -OCH3 is 1. The van der Waals surface area contributed by atoms with Crippen LogP contribution in [0.15, 0.2) is 0 Å². The van der Waals surface area contributed by atoms with Crippen molar-refractivity contribution in [2.45, 2.75) is 38.3 Å². The van der Waals surface area contributed by atoms with Crippen LogP contribution < -0.4 is 5.32 Å². The van der Waals surface area contributed by atoms with Gasteiger partial charge in [-0.05, 0) is 18.8 Å². The minimum Gasteiger partial charge on any atom is -0.469 e. The minimum atomic E-state index is -0.255. The summed E-state index contributed by atoms with van der Waals surface area (Å²) in [4.78, 5) is 24.7. The predicted octanol–water partition coefficient (Wildman–Crippen LogP) is 0.498. The molecule has 17 heavy (non-hydrogen) atoms. The van der Waals surface area contributed by atoms with Crippen LogP contribution in [0.1, 0.15) is 32.1 Å². The average Bonchev–Trinajstić information content (AvgIpc) is 2.95. The summed E-state index contributed by atoms with van der Waals surface area (Å²) in [5.41, 5.74) is 0. The summed E-state index contributed by atoms with van der Waals surface area (Å²) in [7, 11) is 1.38. The quantitative estimate of drug-likeness (QED) is 0.727. The molecule has 1 amide bonds. The zero-order valence-corrected chi connectivity index (χ0v) is 10.3. The van der Waals surface area contributed by atoms with Gasteiger partial charge in [0.25, 0.3) is 0 Å². The highest BCUT2D eigenvalue weighted by Crippen LogP contribution is 2.30. The zero-order valence-electron chi connectivity index (χ0n) is 10.3. The van der Waals surface area contributed by atoms with E-state index >= 15 is 0 Å². The van der Waals surface area contributed by atoms with Gasteiger partial charge in [-0.25, -0.2) is 0 Å². The van der Waals surface area contributed by atoms with Crippen LogP contribution in [0.5, 0.6) is 0 Å². The third kappa shape index (κ3) is 2.77. The van der Waals surface area contributed by atoms with E-state index in [1.54, 1.807) is 0 Å². The van der Waals surface area contributed by atoms with Crippen LogP contribution in [0.3, 0.4) is 0 Å². The second-order valence-electron chi connectivity index (χ2n) is 4.78. The molecular formula is C12H20N2O3. The molecule has 0 spiro atoms. The van der Waals surface area contributed by atoms with Gasteiger partial charge in [0.1, 0.15) is 0 Å². The highest BCUT2D eigenvalue weighted by molar-refractivity contribution is 5.81. The van der Waals surface area contributed by atoms with Crippen molar-refractivity contribution >= 4 is 11.9 Å². The summed E-state index contributed by atoms with van der Waals surface area (Å²) in [6.07, 6.45) is 5.28. The average molecular weight is 240 g/mol. The first-order valence-electron chi connectivity index (χ1n) is 6.32. The third-order valence-electron chi connectivity index (χ3n) is 3.75. The van der Waals surface area contributed by atoms with Gasteiger partial charge in [0, 0.05) is 6.54 Å². The van der Waals surface area contributed by atoms with Crippen LogP contribution in [-0.2, 0) is 14.3 Å². The fraction of sp³-hybridized carbons (Fsp3) is 0.833. The van der Waals surface area contributed by atoms with Gasteiger partial charge in [-0.3, -0.25) is 14.9 Å². The predicted molar refractivity (Wildman–Crippen MR) is 62.1 cm³/mol. The molecule has 1 aliphatic heterocycles. The van der Waals surface area contributed by atoms with Gasteiger partial charge >= 0.3 is 5.97 Å². The number of amides is 1. The minimum absolute atomic E-state index is 0.103. The Kier molecular flexibility index (Phi) is 3.99. The lowest BCUT2D eigenvalue weighted by Gasteiger charge is -2.28. The Hall–Kier alpha value is -1.10. The van der Waals surface area contributed by atoms with Gasteiger partial charge in [0.05, 0.1) is 26.2 Å². The standard InChI is InChI=1S/C12H20N2O3/c1-17-11(16)6-7-14-10(15)8-13-12(14)9-4-2-3-5-9/h9,12-13H,2-8H2,1H3. The van der Waals surface area contributed by atoms with Crippen molar-refractivity contribution in [3.8, 4) is 0 Å². The van der Waals surface area contributed by atoms with E-state index < -0.39 is 0 Å². The number of hydrogen-bond donors (Lipinski definition) is 1. The number of rotatable bonds is 4.